The van der Waals surface area contributed by atoms with Gasteiger partial charge in [0.2, 0.25) is 11.5 Å². The van der Waals surface area contributed by atoms with Crippen molar-refractivity contribution in [3.8, 4) is 0 Å². The minimum atomic E-state index is -1.26. The Morgan fingerprint density at radius 1 is 1.36 bits per heavy atom. The molecule has 17 heteroatoms. The lowest BCUT2D eigenvalue weighted by atomic mass is 10.0. The topological polar surface area (TPSA) is 201 Å². The van der Waals surface area contributed by atoms with E-state index < -0.39 is 35.2 Å². The summed E-state index contributed by atoms with van der Waals surface area (Å²) in [5, 5.41) is 24.4. The quantitative estimate of drug-likeness (QED) is 0.0891. The van der Waals surface area contributed by atoms with Crippen LogP contribution in [0, 0.1) is 0 Å². The molecule has 5 N–H and O–H groups in total. The number of oxime groups is 1. The number of anilines is 1. The molecule has 0 aliphatic carbocycles. The molecule has 204 valence electrons. The average molecular weight is 593 g/mol. The number of aromatic nitrogens is 3. The predicted octanol–water partition coefficient (Wildman–Crippen LogP) is -0.0700. The highest BCUT2D eigenvalue weighted by atomic mass is 32.2. The van der Waals surface area contributed by atoms with Crippen LogP contribution in [0.25, 0.3) is 0 Å². The van der Waals surface area contributed by atoms with Crippen molar-refractivity contribution in [3.63, 3.8) is 0 Å². The molecule has 0 radical (unpaired) electrons. The molecule has 1 fully saturated rings. The minimum absolute atomic E-state index is 0.0332. The zero-order valence-corrected chi connectivity index (χ0v) is 22.7. The van der Waals surface area contributed by atoms with Gasteiger partial charge in [0.15, 0.2) is 24.1 Å². The molecule has 0 aromatic carbocycles. The smallest absolute Gasteiger partial charge is 0.352 e. The third-order valence-electron chi connectivity index (χ3n) is 5.40. The summed E-state index contributed by atoms with van der Waals surface area (Å²) < 4.78 is 5.78. The average Bonchev–Trinajstić information content (AvgIpc) is 3.34. The number of nitrogens with one attached hydrogen (secondary N) is 1. The van der Waals surface area contributed by atoms with Crippen LogP contribution < -0.4 is 15.6 Å². The highest BCUT2D eigenvalue weighted by Crippen LogP contribution is 2.40. The number of β-lactam (4-membered cyclic amide) rings is 1. The van der Waals surface area contributed by atoms with Gasteiger partial charge in [-0.05, 0) is 11.6 Å². The Morgan fingerprint density at radius 2 is 2.10 bits per heavy atom. The van der Waals surface area contributed by atoms with Crippen LogP contribution in [0.4, 0.5) is 5.13 Å². The van der Waals surface area contributed by atoms with Gasteiger partial charge in [0.25, 0.3) is 11.8 Å². The maximum absolute atomic E-state index is 12.9. The van der Waals surface area contributed by atoms with E-state index in [9.17, 15) is 24.3 Å². The fourth-order valence-electron chi connectivity index (χ4n) is 3.71. The van der Waals surface area contributed by atoms with Crippen LogP contribution in [0.1, 0.15) is 5.82 Å². The van der Waals surface area contributed by atoms with Gasteiger partial charge in [-0.3, -0.25) is 19.3 Å². The van der Waals surface area contributed by atoms with E-state index in [0.717, 1.165) is 21.3 Å². The maximum atomic E-state index is 12.9. The molecular weight excluding hydrogens is 570 g/mol. The van der Waals surface area contributed by atoms with Crippen LogP contribution in [0.5, 0.6) is 0 Å². The molecule has 0 spiro atoms. The maximum Gasteiger partial charge on any atom is 0.352 e. The SMILES string of the molecule is CO/N=C(\C(=O)NC1C(=O)N2C(C(=O)O)=C(/C=C/C[n+]3ccc(SCC(=O)O)cc3)CS[C@H]12)c1nsc(N)n1. The normalized spacial score (nSPS) is 19.1. The lowest BCUT2D eigenvalue weighted by molar-refractivity contribution is -0.687. The molecule has 2 aromatic heterocycles. The first kappa shape index (κ1) is 28.1. The number of carboxylic acids is 2. The Hall–Kier alpha value is -3.96. The van der Waals surface area contributed by atoms with Crippen LogP contribution in [0.2, 0.25) is 0 Å². The molecular formula is C22H22N7O7S3+. The molecule has 39 heavy (non-hydrogen) atoms. The zero-order chi connectivity index (χ0) is 28.1. The first-order chi connectivity index (χ1) is 18.7. The number of fused-ring (bicyclic) bond motifs is 1. The molecule has 4 heterocycles. The van der Waals surface area contributed by atoms with E-state index in [1.165, 1.54) is 30.6 Å². The Balaban J connectivity index is 1.43. The third-order valence-corrected chi connectivity index (χ3v) is 8.24. The van der Waals surface area contributed by atoms with E-state index in [2.05, 4.69) is 19.8 Å². The van der Waals surface area contributed by atoms with Crippen molar-refractivity contribution in [1.82, 2.24) is 19.6 Å². The van der Waals surface area contributed by atoms with Crippen molar-refractivity contribution < 1.29 is 38.8 Å². The number of hydrogen-bond donors (Lipinski definition) is 4. The second-order valence-corrected chi connectivity index (χ2v) is 10.9. The summed E-state index contributed by atoms with van der Waals surface area (Å²) in [6.45, 7) is 0.428. The number of carbonyl (C=O) groups is 4. The molecule has 0 saturated carbocycles. The van der Waals surface area contributed by atoms with E-state index >= 15 is 0 Å². The summed E-state index contributed by atoms with van der Waals surface area (Å²) in [7, 11) is 1.24. The number of nitrogens with two attached hydrogens (primary N) is 1. The highest BCUT2D eigenvalue weighted by molar-refractivity contribution is 8.00. The fourth-order valence-corrected chi connectivity index (χ4v) is 6.07. The monoisotopic (exact) mass is 592 g/mol. The number of allylic oxidation sites excluding steroid dienone is 2. The zero-order valence-electron chi connectivity index (χ0n) is 20.2. The number of carbonyl (C=O) groups excluding carboxylic acids is 2. The summed E-state index contributed by atoms with van der Waals surface area (Å²) in [5.74, 6) is -3.27. The van der Waals surface area contributed by atoms with Crippen LogP contribution in [0.15, 0.2) is 58.0 Å². The van der Waals surface area contributed by atoms with Crippen molar-refractivity contribution in [1.29, 1.82) is 0 Å². The molecule has 2 atom stereocenters. The number of carboxylic acid groups (broad SMARTS) is 2. The molecule has 2 amide bonds. The van der Waals surface area contributed by atoms with Crippen molar-refractivity contribution in [3.05, 3.63) is 53.8 Å². The van der Waals surface area contributed by atoms with Crippen molar-refractivity contribution in [2.75, 3.05) is 24.3 Å². The Morgan fingerprint density at radius 3 is 2.72 bits per heavy atom. The third kappa shape index (κ3) is 6.37. The second-order valence-electron chi connectivity index (χ2n) is 7.93. The van der Waals surface area contributed by atoms with E-state index in [-0.39, 0.29) is 28.1 Å². The molecule has 0 bridgehead atoms. The number of nitrogen functional groups attached to an aromatic ring is 1. The van der Waals surface area contributed by atoms with E-state index in [1.54, 1.807) is 36.7 Å². The van der Waals surface area contributed by atoms with Gasteiger partial charge in [0.05, 0.1) is 5.75 Å². The number of nitrogens with zero attached hydrogens (tertiary/aromatic N) is 5. The summed E-state index contributed by atoms with van der Waals surface area (Å²) in [5.41, 5.74) is 5.63. The van der Waals surface area contributed by atoms with Gasteiger partial charge >= 0.3 is 11.9 Å². The summed E-state index contributed by atoms with van der Waals surface area (Å²) in [6.07, 6.45) is 7.01. The van der Waals surface area contributed by atoms with Gasteiger partial charge in [-0.2, -0.15) is 9.36 Å². The Kier molecular flexibility index (Phi) is 8.82. The number of pyridine rings is 1. The molecule has 2 aliphatic rings. The second kappa shape index (κ2) is 12.3. The van der Waals surface area contributed by atoms with E-state index in [0.29, 0.717) is 17.9 Å². The van der Waals surface area contributed by atoms with Gasteiger partial charge in [-0.25, -0.2) is 9.36 Å². The molecule has 2 aromatic rings. The largest absolute Gasteiger partial charge is 0.481 e. The van der Waals surface area contributed by atoms with Gasteiger partial charge in [0.1, 0.15) is 24.2 Å². The molecule has 4 rings (SSSR count). The molecule has 1 unspecified atom stereocenters. The van der Waals surface area contributed by atoms with E-state index in [4.69, 9.17) is 15.7 Å². The number of rotatable bonds is 11. The van der Waals surface area contributed by atoms with Gasteiger partial charge < -0.3 is 26.1 Å². The summed E-state index contributed by atoms with van der Waals surface area (Å²) in [6, 6.07) is 2.60. The first-order valence-electron chi connectivity index (χ1n) is 11.1. The predicted molar refractivity (Wildman–Crippen MR) is 142 cm³/mol. The van der Waals surface area contributed by atoms with Crippen LogP contribution in [0.3, 0.4) is 0 Å². The number of thioether (sulfide) groups is 2. The lowest BCUT2D eigenvalue weighted by Gasteiger charge is -2.49. The first-order valence-corrected chi connectivity index (χ1v) is 13.9. The lowest BCUT2D eigenvalue weighted by Crippen LogP contribution is -2.71. The highest BCUT2D eigenvalue weighted by Gasteiger charge is 2.54. The van der Waals surface area contributed by atoms with Crippen molar-refractivity contribution in [2.45, 2.75) is 22.9 Å². The number of aliphatic carboxylic acids is 2. The Bertz CT molecular complexity index is 1390. The van der Waals surface area contributed by atoms with Crippen molar-refractivity contribution >= 4 is 69.7 Å². The van der Waals surface area contributed by atoms with Crippen LogP contribution >= 0.6 is 35.1 Å². The molecule has 1 saturated heterocycles. The Labute approximate surface area is 233 Å². The van der Waals surface area contributed by atoms with E-state index in [1.807, 2.05) is 4.57 Å². The van der Waals surface area contributed by atoms with Crippen molar-refractivity contribution in [2.24, 2.45) is 5.16 Å². The standard InChI is InChI=1S/C22H21N7O7S3/c1-36-26-14(17-25-22(23)39-27-17)18(32)24-15-19(33)29-16(21(34)35)11(9-38-20(15)29)3-2-6-28-7-4-12(5-8-28)37-10-13(30)31/h2-5,7-8,15,20H,6,9-10H2,1H3,(H4-,23,24,25,27,30,31,32,34,35)/p+1/b3-2+,26-14-/t15?,20-/m1/s1. The molecule has 14 nitrogen and oxygen atoms in total. The van der Waals surface area contributed by atoms with Gasteiger partial charge in [0, 0.05) is 34.3 Å². The van der Waals surface area contributed by atoms with Crippen LogP contribution in [-0.2, 0) is 30.6 Å². The summed E-state index contributed by atoms with van der Waals surface area (Å²) >= 11 is 3.39. The number of hydrogen-bond acceptors (Lipinski definition) is 12. The molecule has 2 aliphatic heterocycles. The number of amides is 2. The fraction of sp³-hybridized carbons (Fsp3) is 0.273. The van der Waals surface area contributed by atoms with Gasteiger partial charge in [-0.15, -0.1) is 23.5 Å². The van der Waals surface area contributed by atoms with Crippen LogP contribution in [-0.4, -0.2) is 84.0 Å². The van der Waals surface area contributed by atoms with Gasteiger partial charge in [-0.1, -0.05) is 11.2 Å². The minimum Gasteiger partial charge on any atom is -0.481 e. The summed E-state index contributed by atoms with van der Waals surface area (Å²) in [4.78, 5) is 59.2.